The minimum absolute atomic E-state index is 0.277. The van der Waals surface area contributed by atoms with E-state index in [2.05, 4.69) is 124 Å². The fourth-order valence-electron chi connectivity index (χ4n) is 6.42. The number of halogens is 1. The van der Waals surface area contributed by atoms with Crippen LogP contribution in [0.15, 0.2) is 125 Å². The first kappa shape index (κ1) is 27.5. The zero-order valence-electron chi connectivity index (χ0n) is 24.0. The van der Waals surface area contributed by atoms with Gasteiger partial charge in [0.25, 0.3) is 0 Å². The third-order valence-corrected chi connectivity index (χ3v) is 9.06. The van der Waals surface area contributed by atoms with Gasteiger partial charge in [0.15, 0.2) is 11.5 Å². The Balaban J connectivity index is 1.08. The lowest BCUT2D eigenvalue weighted by molar-refractivity contribution is 0.268. The van der Waals surface area contributed by atoms with E-state index in [-0.39, 0.29) is 6.04 Å². The number of fused-ring (bicyclic) bond motifs is 4. The fraction of sp³-hybridized carbons (Fsp3) is 0.184. The molecule has 0 aromatic heterocycles. The Bertz CT molecular complexity index is 1820. The van der Waals surface area contributed by atoms with E-state index in [0.717, 1.165) is 27.7 Å². The zero-order valence-corrected chi connectivity index (χ0v) is 25.6. The van der Waals surface area contributed by atoms with Crippen molar-refractivity contribution in [2.24, 2.45) is 10.9 Å². The number of allylic oxidation sites excluding steroid dienone is 2. The molecular formula is C38H33BrN2O2. The lowest BCUT2D eigenvalue weighted by Crippen LogP contribution is -2.28. The molecule has 5 aromatic carbocycles. The highest BCUT2D eigenvalue weighted by molar-refractivity contribution is 9.10. The van der Waals surface area contributed by atoms with Crippen molar-refractivity contribution in [2.75, 3.05) is 11.9 Å². The molecule has 5 aromatic rings. The van der Waals surface area contributed by atoms with Crippen molar-refractivity contribution in [1.82, 2.24) is 0 Å². The lowest BCUT2D eigenvalue weighted by atomic mass is 9.77. The molecule has 0 saturated heterocycles. The first-order chi connectivity index (χ1) is 21.2. The van der Waals surface area contributed by atoms with Gasteiger partial charge in [-0.05, 0) is 98.6 Å². The third kappa shape index (κ3) is 5.57. The summed E-state index contributed by atoms with van der Waals surface area (Å²) in [4.78, 5) is 4.79. The van der Waals surface area contributed by atoms with Crippen LogP contribution in [-0.4, -0.2) is 12.8 Å². The summed E-state index contributed by atoms with van der Waals surface area (Å²) >= 11 is 3.73. The number of nitrogens with one attached hydrogen (secondary N) is 1. The molecular weight excluding hydrogens is 596 g/mol. The molecule has 1 heterocycles. The van der Waals surface area contributed by atoms with Gasteiger partial charge in [-0.2, -0.15) is 0 Å². The SMILES string of the molecule is CCOc1cc(C=Nc2ccc([C@@H]3Nc4ccccc4[C@H]4C=CC[C@H]43)cc2)cc(Br)c1OCc1cccc2ccccc12. The summed E-state index contributed by atoms with van der Waals surface area (Å²) in [5.74, 6) is 2.38. The van der Waals surface area contributed by atoms with E-state index >= 15 is 0 Å². The number of benzene rings is 5. The second kappa shape index (κ2) is 12.1. The maximum atomic E-state index is 6.33. The summed E-state index contributed by atoms with van der Waals surface area (Å²) in [7, 11) is 0. The number of ether oxygens (including phenoxy) is 2. The van der Waals surface area contributed by atoms with Gasteiger partial charge in [-0.25, -0.2) is 0 Å². The summed E-state index contributed by atoms with van der Waals surface area (Å²) in [5, 5.41) is 6.21. The van der Waals surface area contributed by atoms with E-state index in [4.69, 9.17) is 14.5 Å². The van der Waals surface area contributed by atoms with Gasteiger partial charge in [-0.1, -0.05) is 84.9 Å². The molecule has 4 nitrogen and oxygen atoms in total. The molecule has 214 valence electrons. The number of nitrogens with zero attached hydrogens (tertiary/aromatic N) is 1. The number of para-hydroxylation sites is 1. The molecule has 1 N–H and O–H groups in total. The minimum atomic E-state index is 0.277. The number of hydrogen-bond donors (Lipinski definition) is 1. The molecule has 0 saturated carbocycles. The molecule has 2 aliphatic rings. The number of rotatable bonds is 8. The quantitative estimate of drug-likeness (QED) is 0.137. The van der Waals surface area contributed by atoms with Gasteiger partial charge < -0.3 is 14.8 Å². The van der Waals surface area contributed by atoms with Gasteiger partial charge >= 0.3 is 0 Å². The highest BCUT2D eigenvalue weighted by Crippen LogP contribution is 2.49. The Morgan fingerprint density at radius 1 is 0.907 bits per heavy atom. The third-order valence-electron chi connectivity index (χ3n) is 8.47. The van der Waals surface area contributed by atoms with Gasteiger partial charge in [-0.15, -0.1) is 0 Å². The van der Waals surface area contributed by atoms with Crippen LogP contribution in [0.1, 0.15) is 47.6 Å². The van der Waals surface area contributed by atoms with Crippen LogP contribution in [0, 0.1) is 5.92 Å². The highest BCUT2D eigenvalue weighted by Gasteiger charge is 2.37. The van der Waals surface area contributed by atoms with Crippen LogP contribution < -0.4 is 14.8 Å². The average Bonchev–Trinajstić information content (AvgIpc) is 3.54. The molecule has 0 bridgehead atoms. The first-order valence-corrected chi connectivity index (χ1v) is 15.7. The van der Waals surface area contributed by atoms with Crippen LogP contribution in [0.2, 0.25) is 0 Å². The van der Waals surface area contributed by atoms with Crippen molar-refractivity contribution in [3.8, 4) is 11.5 Å². The predicted octanol–water partition coefficient (Wildman–Crippen LogP) is 10.2. The summed E-state index contributed by atoms with van der Waals surface area (Å²) in [6.07, 6.45) is 7.68. The van der Waals surface area contributed by atoms with Gasteiger partial charge in [-0.3, -0.25) is 4.99 Å². The lowest BCUT2D eigenvalue weighted by Gasteiger charge is -2.37. The summed E-state index contributed by atoms with van der Waals surface area (Å²) < 4.78 is 13.2. The summed E-state index contributed by atoms with van der Waals surface area (Å²) in [6, 6.07) is 36.3. The van der Waals surface area contributed by atoms with Crippen molar-refractivity contribution in [2.45, 2.75) is 31.9 Å². The Morgan fingerprint density at radius 2 is 1.72 bits per heavy atom. The van der Waals surface area contributed by atoms with E-state index in [1.165, 1.54) is 27.6 Å². The number of hydrogen-bond acceptors (Lipinski definition) is 4. The van der Waals surface area contributed by atoms with Crippen LogP contribution in [0.4, 0.5) is 11.4 Å². The van der Waals surface area contributed by atoms with Gasteiger partial charge in [0.05, 0.1) is 22.8 Å². The molecule has 0 fully saturated rings. The Morgan fingerprint density at radius 3 is 2.60 bits per heavy atom. The van der Waals surface area contributed by atoms with Crippen LogP contribution in [-0.2, 0) is 6.61 Å². The van der Waals surface area contributed by atoms with Crippen molar-refractivity contribution in [3.05, 3.63) is 142 Å². The second-order valence-electron chi connectivity index (χ2n) is 11.1. The number of anilines is 1. The zero-order chi connectivity index (χ0) is 29.2. The summed E-state index contributed by atoms with van der Waals surface area (Å²) in [5.41, 5.74) is 6.91. The predicted molar refractivity (Wildman–Crippen MR) is 180 cm³/mol. The minimum Gasteiger partial charge on any atom is -0.490 e. The van der Waals surface area contributed by atoms with Crippen LogP contribution in [0.25, 0.3) is 10.8 Å². The molecule has 0 unspecified atom stereocenters. The maximum Gasteiger partial charge on any atom is 0.175 e. The van der Waals surface area contributed by atoms with E-state index in [0.29, 0.717) is 36.5 Å². The van der Waals surface area contributed by atoms with Crippen molar-refractivity contribution in [1.29, 1.82) is 0 Å². The van der Waals surface area contributed by atoms with Crippen LogP contribution in [0.3, 0.4) is 0 Å². The molecule has 43 heavy (non-hydrogen) atoms. The van der Waals surface area contributed by atoms with E-state index in [1.54, 1.807) is 0 Å². The molecule has 1 aliphatic carbocycles. The van der Waals surface area contributed by atoms with Gasteiger partial charge in [0.2, 0.25) is 0 Å². The standard InChI is InChI=1S/C38H33BrN2O2/c1-2-42-36-22-25(21-34(39)38(36)43-24-28-11-7-10-26-9-3-4-12-30(26)28)23-40-29-19-17-27(18-20-29)37-33-15-8-14-31(33)32-13-5-6-16-35(32)41-37/h3-14,16-23,31,33,37,41H,2,15,24H2,1H3/t31-,33-,37+/m1/s1. The molecule has 1 aliphatic heterocycles. The van der Waals surface area contributed by atoms with E-state index in [1.807, 2.05) is 25.3 Å². The molecule has 0 radical (unpaired) electrons. The maximum absolute atomic E-state index is 6.33. The van der Waals surface area contributed by atoms with E-state index in [9.17, 15) is 0 Å². The largest absolute Gasteiger partial charge is 0.490 e. The van der Waals surface area contributed by atoms with Crippen LogP contribution in [0.5, 0.6) is 11.5 Å². The average molecular weight is 630 g/mol. The van der Waals surface area contributed by atoms with E-state index < -0.39 is 0 Å². The van der Waals surface area contributed by atoms with Crippen molar-refractivity contribution >= 4 is 44.3 Å². The highest BCUT2D eigenvalue weighted by atomic mass is 79.9. The second-order valence-corrected chi connectivity index (χ2v) is 12.0. The Hall–Kier alpha value is -4.35. The number of aliphatic imine (C=N–C) groups is 1. The van der Waals surface area contributed by atoms with Crippen molar-refractivity contribution in [3.63, 3.8) is 0 Å². The van der Waals surface area contributed by atoms with Crippen LogP contribution >= 0.6 is 15.9 Å². The Kier molecular flexibility index (Phi) is 7.73. The topological polar surface area (TPSA) is 42.8 Å². The van der Waals surface area contributed by atoms with Crippen molar-refractivity contribution < 1.29 is 9.47 Å². The van der Waals surface area contributed by atoms with Gasteiger partial charge in [0, 0.05) is 17.8 Å². The fourth-order valence-corrected chi connectivity index (χ4v) is 7.00. The Labute approximate surface area is 261 Å². The first-order valence-electron chi connectivity index (χ1n) is 14.9. The smallest absolute Gasteiger partial charge is 0.175 e. The molecule has 0 amide bonds. The normalized spacial score (nSPS) is 18.8. The molecule has 0 spiro atoms. The molecule has 3 atom stereocenters. The molecule has 7 rings (SSSR count). The summed E-state index contributed by atoms with van der Waals surface area (Å²) in [6.45, 7) is 2.96. The molecule has 5 heteroatoms. The van der Waals surface area contributed by atoms with Gasteiger partial charge in [0.1, 0.15) is 6.61 Å². The monoisotopic (exact) mass is 628 g/mol.